The van der Waals surface area contributed by atoms with Crippen molar-refractivity contribution in [2.24, 2.45) is 0 Å². The maximum atomic E-state index is 13.5. The first-order valence-corrected chi connectivity index (χ1v) is 7.80. The van der Waals surface area contributed by atoms with Crippen LogP contribution in [-0.2, 0) is 6.18 Å². The molecular weight excluding hydrogens is 313 g/mol. The molecular formula is C19H19F3N2. The molecule has 126 valence electrons. The summed E-state index contributed by atoms with van der Waals surface area (Å²) in [6, 6.07) is 11.8. The van der Waals surface area contributed by atoms with Crippen LogP contribution in [0.3, 0.4) is 0 Å². The van der Waals surface area contributed by atoms with Crippen molar-refractivity contribution in [3.05, 3.63) is 65.2 Å². The zero-order valence-electron chi connectivity index (χ0n) is 13.6. The fourth-order valence-electron chi connectivity index (χ4n) is 2.97. The molecule has 0 saturated carbocycles. The summed E-state index contributed by atoms with van der Waals surface area (Å²) >= 11 is 0. The molecule has 2 aromatic rings. The molecule has 0 unspecified atom stereocenters. The van der Waals surface area contributed by atoms with Gasteiger partial charge in [-0.25, -0.2) is 0 Å². The molecule has 0 atom stereocenters. The summed E-state index contributed by atoms with van der Waals surface area (Å²) in [4.78, 5) is 2.01. The normalized spacial score (nSPS) is 15.2. The van der Waals surface area contributed by atoms with Crippen molar-refractivity contribution in [3.63, 3.8) is 0 Å². The summed E-state index contributed by atoms with van der Waals surface area (Å²) in [5.74, 6) is 0. The Morgan fingerprint density at radius 2 is 1.71 bits per heavy atom. The fourth-order valence-corrected chi connectivity index (χ4v) is 2.97. The lowest BCUT2D eigenvalue weighted by Gasteiger charge is -2.27. The summed E-state index contributed by atoms with van der Waals surface area (Å²) in [5.41, 5.74) is 2.43. The van der Waals surface area contributed by atoms with Gasteiger partial charge in [0.05, 0.1) is 5.56 Å². The molecule has 0 radical (unpaired) electrons. The molecule has 1 N–H and O–H groups in total. The van der Waals surface area contributed by atoms with E-state index in [-0.39, 0.29) is 5.56 Å². The predicted molar refractivity (Wildman–Crippen MR) is 91.4 cm³/mol. The third-order valence-corrected chi connectivity index (χ3v) is 4.05. The molecule has 3 rings (SSSR count). The minimum absolute atomic E-state index is 0.238. The van der Waals surface area contributed by atoms with Gasteiger partial charge in [0.25, 0.3) is 0 Å². The number of halogens is 3. The lowest BCUT2D eigenvalue weighted by molar-refractivity contribution is -0.137. The molecule has 2 aromatic carbocycles. The van der Waals surface area contributed by atoms with Gasteiger partial charge in [-0.2, -0.15) is 13.2 Å². The van der Waals surface area contributed by atoms with Gasteiger partial charge >= 0.3 is 6.18 Å². The largest absolute Gasteiger partial charge is 0.417 e. The molecule has 0 amide bonds. The molecule has 0 saturated heterocycles. The first-order chi connectivity index (χ1) is 11.4. The van der Waals surface area contributed by atoms with Gasteiger partial charge in [-0.05, 0) is 44.3 Å². The first kappa shape index (κ1) is 16.6. The maximum Gasteiger partial charge on any atom is 0.417 e. The zero-order valence-corrected chi connectivity index (χ0v) is 13.6. The molecule has 1 aliphatic rings. The number of anilines is 2. The zero-order chi connectivity index (χ0) is 17.3. The average Bonchev–Trinajstić information content (AvgIpc) is 2.52. The average molecular weight is 332 g/mol. The van der Waals surface area contributed by atoms with Gasteiger partial charge in [-0.1, -0.05) is 30.3 Å². The topological polar surface area (TPSA) is 15.3 Å². The molecule has 0 aromatic heterocycles. The van der Waals surface area contributed by atoms with Crippen LogP contribution in [-0.4, -0.2) is 25.5 Å². The molecule has 0 aliphatic carbocycles. The van der Waals surface area contributed by atoms with Crippen molar-refractivity contribution in [1.82, 2.24) is 4.90 Å². The SMILES string of the molecule is CN(C)CC/C=C1/c2ccccc2Nc2cccc(C(F)(F)F)c21. The van der Waals surface area contributed by atoms with Gasteiger partial charge in [0.2, 0.25) is 0 Å². The van der Waals surface area contributed by atoms with Crippen LogP contribution in [0.15, 0.2) is 48.5 Å². The maximum absolute atomic E-state index is 13.5. The van der Waals surface area contributed by atoms with Crippen LogP contribution >= 0.6 is 0 Å². The number of hydrogen-bond donors (Lipinski definition) is 1. The van der Waals surface area contributed by atoms with Crippen molar-refractivity contribution in [1.29, 1.82) is 0 Å². The third-order valence-electron chi connectivity index (χ3n) is 4.05. The highest BCUT2D eigenvalue weighted by molar-refractivity contribution is 5.98. The van der Waals surface area contributed by atoms with Gasteiger partial charge in [0, 0.05) is 29.0 Å². The molecule has 0 fully saturated rings. The van der Waals surface area contributed by atoms with Gasteiger partial charge in [0.15, 0.2) is 0 Å². The Morgan fingerprint density at radius 1 is 1.00 bits per heavy atom. The van der Waals surface area contributed by atoms with Gasteiger partial charge in [-0.15, -0.1) is 0 Å². The van der Waals surface area contributed by atoms with Crippen LogP contribution < -0.4 is 5.32 Å². The van der Waals surface area contributed by atoms with E-state index in [9.17, 15) is 13.2 Å². The number of nitrogens with zero attached hydrogens (tertiary/aromatic N) is 1. The van der Waals surface area contributed by atoms with Crippen molar-refractivity contribution in [2.45, 2.75) is 12.6 Å². The highest BCUT2D eigenvalue weighted by Crippen LogP contribution is 2.46. The summed E-state index contributed by atoms with van der Waals surface area (Å²) in [6.45, 7) is 0.780. The third kappa shape index (κ3) is 3.17. The Labute approximate surface area is 139 Å². The van der Waals surface area contributed by atoms with Crippen molar-refractivity contribution >= 4 is 16.9 Å². The van der Waals surface area contributed by atoms with E-state index in [2.05, 4.69) is 5.32 Å². The molecule has 24 heavy (non-hydrogen) atoms. The molecule has 1 aliphatic heterocycles. The number of alkyl halides is 3. The molecule has 0 bridgehead atoms. The van der Waals surface area contributed by atoms with Crippen LogP contribution in [0, 0.1) is 0 Å². The van der Waals surface area contributed by atoms with Crippen LogP contribution in [0.5, 0.6) is 0 Å². The lowest BCUT2D eigenvalue weighted by Crippen LogP contribution is -2.15. The van der Waals surface area contributed by atoms with Crippen molar-refractivity contribution in [2.75, 3.05) is 26.0 Å². The van der Waals surface area contributed by atoms with E-state index in [4.69, 9.17) is 0 Å². The quantitative estimate of drug-likeness (QED) is 0.714. The minimum atomic E-state index is -4.39. The predicted octanol–water partition coefficient (Wildman–Crippen LogP) is 5.15. The number of nitrogens with one attached hydrogen (secondary N) is 1. The van der Waals surface area contributed by atoms with Crippen molar-refractivity contribution in [3.8, 4) is 0 Å². The van der Waals surface area contributed by atoms with Crippen molar-refractivity contribution < 1.29 is 13.2 Å². The van der Waals surface area contributed by atoms with Crippen LogP contribution in [0.2, 0.25) is 0 Å². The van der Waals surface area contributed by atoms with E-state index < -0.39 is 11.7 Å². The first-order valence-electron chi connectivity index (χ1n) is 7.80. The van der Waals surface area contributed by atoms with Crippen LogP contribution in [0.4, 0.5) is 24.5 Å². The monoisotopic (exact) mass is 332 g/mol. The second-order valence-electron chi connectivity index (χ2n) is 6.11. The highest BCUT2D eigenvalue weighted by Gasteiger charge is 2.36. The number of rotatable bonds is 3. The van der Waals surface area contributed by atoms with E-state index in [0.29, 0.717) is 17.7 Å². The second-order valence-corrected chi connectivity index (χ2v) is 6.11. The number of fused-ring (bicyclic) bond motifs is 2. The summed E-state index contributed by atoms with van der Waals surface area (Å²) < 4.78 is 40.5. The fraction of sp³-hybridized carbons (Fsp3) is 0.263. The smallest absolute Gasteiger partial charge is 0.354 e. The lowest BCUT2D eigenvalue weighted by atomic mass is 9.87. The number of para-hydroxylation sites is 1. The summed E-state index contributed by atoms with van der Waals surface area (Å²) in [7, 11) is 3.90. The highest BCUT2D eigenvalue weighted by atomic mass is 19.4. The van der Waals surface area contributed by atoms with Gasteiger partial charge in [0.1, 0.15) is 0 Å². The van der Waals surface area contributed by atoms with Gasteiger partial charge in [-0.3, -0.25) is 0 Å². The van der Waals surface area contributed by atoms with E-state index in [1.54, 1.807) is 6.07 Å². The Morgan fingerprint density at radius 3 is 2.42 bits per heavy atom. The van der Waals surface area contributed by atoms with Gasteiger partial charge < -0.3 is 10.2 Å². The van der Waals surface area contributed by atoms with Crippen LogP contribution in [0.1, 0.15) is 23.1 Å². The minimum Gasteiger partial charge on any atom is -0.354 e. The standard InChI is InChI=1S/C19H19F3N2/c1-24(2)12-6-8-14-13-7-3-4-10-16(13)23-17-11-5-9-15(18(14)17)19(20,21)22/h3-5,7-11,23H,6,12H2,1-2H3/b14-8-. The molecule has 0 spiro atoms. The van der Waals surface area contributed by atoms with E-state index in [1.807, 2.05) is 49.3 Å². The summed E-state index contributed by atoms with van der Waals surface area (Å²) in [5, 5.41) is 3.13. The van der Waals surface area contributed by atoms with Crippen LogP contribution in [0.25, 0.3) is 5.57 Å². The molecule has 5 heteroatoms. The van der Waals surface area contributed by atoms with E-state index in [1.165, 1.54) is 6.07 Å². The van der Waals surface area contributed by atoms with E-state index in [0.717, 1.165) is 23.9 Å². The number of hydrogen-bond acceptors (Lipinski definition) is 2. The second kappa shape index (κ2) is 6.32. The summed E-state index contributed by atoms with van der Waals surface area (Å²) in [6.07, 6.45) is -1.80. The Balaban J connectivity index is 2.17. The Hall–Kier alpha value is -2.27. The Bertz CT molecular complexity index is 776. The van der Waals surface area contributed by atoms with E-state index >= 15 is 0 Å². The molecule has 2 nitrogen and oxygen atoms in total. The molecule has 1 heterocycles. The number of benzene rings is 2. The Kier molecular flexibility index (Phi) is 4.37.